The Balaban J connectivity index is 2.42. The van der Waals surface area contributed by atoms with Crippen molar-refractivity contribution in [2.45, 2.75) is 44.0 Å². The van der Waals surface area contributed by atoms with Gasteiger partial charge in [0, 0.05) is 23.3 Å². The molecule has 25 heavy (non-hydrogen) atoms. The number of rotatable bonds is 3. The standard InChI is InChI=1S/C18H20F3NO2S/c1-17(2,3)25(24)22-11-15-14(12-7-5-4-6-8-12)9-13(10-16(15)23)18(19,20)21/h4-8,10-11,14,22H,9H2,1-3H3/b15-11-/t14-,25?/m1/s1. The second kappa shape index (κ2) is 7.15. The van der Waals surface area contributed by atoms with Crippen LogP contribution in [0, 0.1) is 0 Å². The summed E-state index contributed by atoms with van der Waals surface area (Å²) >= 11 is 0. The van der Waals surface area contributed by atoms with Gasteiger partial charge in [0.25, 0.3) is 0 Å². The predicted octanol–water partition coefficient (Wildman–Crippen LogP) is 4.17. The van der Waals surface area contributed by atoms with Gasteiger partial charge in [0.15, 0.2) is 5.78 Å². The highest BCUT2D eigenvalue weighted by atomic mass is 32.2. The molecule has 1 unspecified atom stereocenters. The highest BCUT2D eigenvalue weighted by Gasteiger charge is 2.40. The molecular formula is C18H20F3NO2S. The highest BCUT2D eigenvalue weighted by Crippen LogP contribution is 2.41. The Morgan fingerprint density at radius 1 is 1.16 bits per heavy atom. The van der Waals surface area contributed by atoms with Crippen molar-refractivity contribution in [3.63, 3.8) is 0 Å². The first-order valence-corrected chi connectivity index (χ1v) is 8.90. The molecule has 0 radical (unpaired) electrons. The van der Waals surface area contributed by atoms with Crippen molar-refractivity contribution in [3.05, 3.63) is 59.3 Å². The van der Waals surface area contributed by atoms with Gasteiger partial charge in [0.1, 0.15) is 11.0 Å². The summed E-state index contributed by atoms with van der Waals surface area (Å²) in [6.07, 6.45) is -2.94. The number of allylic oxidation sites excluding steroid dienone is 3. The lowest BCUT2D eigenvalue weighted by Crippen LogP contribution is -2.32. The number of alkyl halides is 3. The van der Waals surface area contributed by atoms with E-state index in [9.17, 15) is 22.2 Å². The van der Waals surface area contributed by atoms with Crippen LogP contribution in [0.5, 0.6) is 0 Å². The third kappa shape index (κ3) is 4.81. The summed E-state index contributed by atoms with van der Waals surface area (Å²) in [4.78, 5) is 12.3. The van der Waals surface area contributed by atoms with Crippen molar-refractivity contribution in [3.8, 4) is 0 Å². The van der Waals surface area contributed by atoms with Gasteiger partial charge in [-0.2, -0.15) is 13.2 Å². The van der Waals surface area contributed by atoms with E-state index >= 15 is 0 Å². The Labute approximate surface area is 147 Å². The number of halogens is 3. The summed E-state index contributed by atoms with van der Waals surface area (Å²) in [5.41, 5.74) is -0.0578. The van der Waals surface area contributed by atoms with Gasteiger partial charge in [-0.1, -0.05) is 30.3 Å². The average Bonchev–Trinajstić information content (AvgIpc) is 2.51. The Morgan fingerprint density at radius 3 is 2.28 bits per heavy atom. The minimum absolute atomic E-state index is 0.178. The average molecular weight is 371 g/mol. The van der Waals surface area contributed by atoms with Crippen molar-refractivity contribution in [2.75, 3.05) is 0 Å². The van der Waals surface area contributed by atoms with Crippen molar-refractivity contribution < 1.29 is 22.2 Å². The molecule has 7 heteroatoms. The molecule has 1 aromatic rings. The maximum atomic E-state index is 13.1. The number of nitrogens with one attached hydrogen (secondary N) is 1. The highest BCUT2D eigenvalue weighted by molar-refractivity contribution is 7.84. The van der Waals surface area contributed by atoms with E-state index in [-0.39, 0.29) is 12.0 Å². The minimum atomic E-state index is -4.55. The van der Waals surface area contributed by atoms with Crippen LogP contribution in [-0.4, -0.2) is 20.9 Å². The molecule has 0 saturated heterocycles. The van der Waals surface area contributed by atoms with E-state index in [1.165, 1.54) is 6.20 Å². The number of benzene rings is 1. The van der Waals surface area contributed by atoms with E-state index in [0.717, 1.165) is 0 Å². The quantitative estimate of drug-likeness (QED) is 0.811. The molecule has 1 aliphatic carbocycles. The zero-order valence-corrected chi connectivity index (χ0v) is 15.0. The topological polar surface area (TPSA) is 46.2 Å². The monoisotopic (exact) mass is 371 g/mol. The third-order valence-corrected chi connectivity index (χ3v) is 5.28. The molecule has 0 spiro atoms. The van der Waals surface area contributed by atoms with Gasteiger partial charge in [-0.3, -0.25) is 4.79 Å². The second-order valence-electron chi connectivity index (χ2n) is 6.80. The van der Waals surface area contributed by atoms with Gasteiger partial charge < -0.3 is 4.72 Å². The number of hydrogen-bond donors (Lipinski definition) is 1. The third-order valence-electron chi connectivity index (χ3n) is 3.83. The summed E-state index contributed by atoms with van der Waals surface area (Å²) in [7, 11) is -1.47. The Morgan fingerprint density at radius 2 is 1.76 bits per heavy atom. The summed E-state index contributed by atoms with van der Waals surface area (Å²) in [5, 5.41) is 0. The van der Waals surface area contributed by atoms with Gasteiger partial charge in [0.05, 0.1) is 4.75 Å². The van der Waals surface area contributed by atoms with E-state index in [2.05, 4.69) is 4.72 Å². The lowest BCUT2D eigenvalue weighted by atomic mass is 9.79. The molecule has 2 atom stereocenters. The second-order valence-corrected chi connectivity index (χ2v) is 8.80. The maximum absolute atomic E-state index is 13.1. The first-order chi connectivity index (χ1) is 11.5. The molecule has 1 aromatic carbocycles. The van der Waals surface area contributed by atoms with Crippen LogP contribution in [0.4, 0.5) is 13.2 Å². The lowest BCUT2D eigenvalue weighted by molar-refractivity contribution is -0.115. The van der Waals surface area contributed by atoms with Crippen molar-refractivity contribution in [1.82, 2.24) is 4.72 Å². The smallest absolute Gasteiger partial charge is 0.311 e. The number of hydrogen-bond acceptors (Lipinski definition) is 2. The first kappa shape index (κ1) is 19.4. The zero-order valence-electron chi connectivity index (χ0n) is 14.2. The summed E-state index contributed by atoms with van der Waals surface area (Å²) in [6.45, 7) is 5.27. The fourth-order valence-electron chi connectivity index (χ4n) is 2.45. The van der Waals surface area contributed by atoms with Gasteiger partial charge in [-0.05, 0) is 38.8 Å². The molecule has 2 rings (SSSR count). The van der Waals surface area contributed by atoms with E-state index in [1.807, 2.05) is 0 Å². The predicted molar refractivity (Wildman–Crippen MR) is 92.1 cm³/mol. The molecular weight excluding hydrogens is 351 g/mol. The van der Waals surface area contributed by atoms with Gasteiger partial charge >= 0.3 is 6.18 Å². The summed E-state index contributed by atoms with van der Waals surface area (Å²) < 4.78 is 53.5. The van der Waals surface area contributed by atoms with E-state index in [0.29, 0.717) is 11.6 Å². The molecule has 1 N–H and O–H groups in total. The van der Waals surface area contributed by atoms with E-state index < -0.39 is 39.2 Å². The van der Waals surface area contributed by atoms with Crippen molar-refractivity contribution >= 4 is 16.8 Å². The molecule has 0 aliphatic heterocycles. The number of ketones is 1. The molecule has 0 fully saturated rings. The van der Waals surface area contributed by atoms with Gasteiger partial charge in [-0.25, -0.2) is 4.21 Å². The van der Waals surface area contributed by atoms with E-state index in [4.69, 9.17) is 0 Å². The summed E-state index contributed by atoms with van der Waals surface area (Å²) in [6, 6.07) is 8.55. The molecule has 0 heterocycles. The lowest BCUT2D eigenvalue weighted by Gasteiger charge is -2.27. The Bertz CT molecular complexity index is 731. The fourth-order valence-corrected chi connectivity index (χ4v) is 3.04. The SMILES string of the molecule is CC(C)(C)S(=O)N/C=C1\C(=O)C=C(C(F)(F)F)C[C@@H]1c1ccccc1. The molecule has 1 aliphatic rings. The molecule has 3 nitrogen and oxygen atoms in total. The number of carbonyl (C=O) groups is 1. The van der Waals surface area contributed by atoms with Crippen LogP contribution in [0.1, 0.15) is 38.7 Å². The van der Waals surface area contributed by atoms with Crippen molar-refractivity contribution in [2.24, 2.45) is 0 Å². The fraction of sp³-hybridized carbons (Fsp3) is 0.389. The molecule has 0 saturated carbocycles. The zero-order chi connectivity index (χ0) is 18.8. The Kier molecular flexibility index (Phi) is 5.56. The van der Waals surface area contributed by atoms with Crippen LogP contribution in [0.25, 0.3) is 0 Å². The van der Waals surface area contributed by atoms with Gasteiger partial charge in [-0.15, -0.1) is 0 Å². The molecule has 136 valence electrons. The number of carbonyl (C=O) groups excluding carboxylic acids is 1. The molecule has 0 aromatic heterocycles. The van der Waals surface area contributed by atoms with Crippen LogP contribution >= 0.6 is 0 Å². The summed E-state index contributed by atoms with van der Waals surface area (Å²) in [5.74, 6) is -1.45. The normalized spacial score (nSPS) is 21.8. The maximum Gasteiger partial charge on any atom is 0.412 e. The van der Waals surface area contributed by atoms with E-state index in [1.54, 1.807) is 51.1 Å². The van der Waals surface area contributed by atoms with Crippen LogP contribution in [-0.2, 0) is 15.8 Å². The van der Waals surface area contributed by atoms with Crippen LogP contribution in [0.2, 0.25) is 0 Å². The Hall–Kier alpha value is -1.89. The molecule has 0 bridgehead atoms. The largest absolute Gasteiger partial charge is 0.412 e. The molecule has 0 amide bonds. The van der Waals surface area contributed by atoms with Gasteiger partial charge in [0.2, 0.25) is 0 Å². The minimum Gasteiger partial charge on any atom is -0.311 e. The first-order valence-electron chi connectivity index (χ1n) is 7.75. The van der Waals surface area contributed by atoms with Crippen LogP contribution < -0.4 is 4.72 Å². The van der Waals surface area contributed by atoms with Crippen LogP contribution in [0.3, 0.4) is 0 Å². The van der Waals surface area contributed by atoms with Crippen molar-refractivity contribution in [1.29, 1.82) is 0 Å². The van der Waals surface area contributed by atoms with Crippen LogP contribution in [0.15, 0.2) is 53.8 Å².